The van der Waals surface area contributed by atoms with Crippen molar-refractivity contribution in [3.8, 4) is 0 Å². The molecule has 0 aliphatic carbocycles. The third-order valence-electron chi connectivity index (χ3n) is 2.48. The number of hydrogen-bond donors (Lipinski definition) is 0. The number of Topliss-reactive ketones (excluding diaryl/α,β-unsaturated/α-hetero) is 1. The van der Waals surface area contributed by atoms with E-state index in [2.05, 4.69) is 10.1 Å². The molecule has 0 aliphatic heterocycles. The van der Waals surface area contributed by atoms with E-state index < -0.39 is 0 Å². The molecule has 0 spiro atoms. The molecule has 0 aliphatic rings. The molecule has 0 unspecified atom stereocenters. The second-order valence-electron chi connectivity index (χ2n) is 3.60. The Morgan fingerprint density at radius 2 is 2.06 bits per heavy atom. The normalized spacial score (nSPS) is 10.5. The van der Waals surface area contributed by atoms with Gasteiger partial charge in [0.1, 0.15) is 12.2 Å². The van der Waals surface area contributed by atoms with E-state index in [1.165, 1.54) is 6.33 Å². The summed E-state index contributed by atoms with van der Waals surface area (Å²) in [5, 5.41) is 4.65. The average Bonchev–Trinajstić information content (AvgIpc) is 2.77. The van der Waals surface area contributed by atoms with Crippen molar-refractivity contribution < 1.29 is 4.79 Å². The largest absolute Gasteiger partial charge is 0.294 e. The Morgan fingerprint density at radius 1 is 1.35 bits per heavy atom. The van der Waals surface area contributed by atoms with Crippen LogP contribution in [0.2, 0.25) is 5.02 Å². The van der Waals surface area contributed by atoms with Gasteiger partial charge in [-0.1, -0.05) is 11.6 Å². The van der Waals surface area contributed by atoms with Crippen LogP contribution in [0.15, 0.2) is 30.6 Å². The van der Waals surface area contributed by atoms with Gasteiger partial charge in [-0.3, -0.25) is 4.79 Å². The van der Waals surface area contributed by atoms with Gasteiger partial charge in [0.05, 0.1) is 6.42 Å². The summed E-state index contributed by atoms with van der Waals surface area (Å²) in [5.74, 6) is 0.705. The van der Waals surface area contributed by atoms with Crippen LogP contribution < -0.4 is 0 Å². The number of rotatable bonds is 4. The van der Waals surface area contributed by atoms with Crippen LogP contribution in [-0.2, 0) is 13.0 Å². The van der Waals surface area contributed by atoms with E-state index in [0.29, 0.717) is 23.0 Å². The number of hydrogen-bond acceptors (Lipinski definition) is 3. The summed E-state index contributed by atoms with van der Waals surface area (Å²) in [5.41, 5.74) is 0.639. The molecule has 1 heterocycles. The first-order chi connectivity index (χ1) is 8.20. The lowest BCUT2D eigenvalue weighted by Gasteiger charge is -2.02. The van der Waals surface area contributed by atoms with Gasteiger partial charge in [0.15, 0.2) is 5.78 Å². The minimum Gasteiger partial charge on any atom is -0.294 e. The Kier molecular flexibility index (Phi) is 3.54. The number of aromatic nitrogens is 3. The first kappa shape index (κ1) is 11.8. The summed E-state index contributed by atoms with van der Waals surface area (Å²) >= 11 is 5.77. The van der Waals surface area contributed by atoms with Crippen LogP contribution in [0.3, 0.4) is 0 Å². The highest BCUT2D eigenvalue weighted by atomic mass is 35.5. The highest BCUT2D eigenvalue weighted by Crippen LogP contribution is 2.11. The monoisotopic (exact) mass is 249 g/mol. The van der Waals surface area contributed by atoms with Gasteiger partial charge in [0.25, 0.3) is 0 Å². The van der Waals surface area contributed by atoms with Crippen LogP contribution in [-0.4, -0.2) is 20.5 Å². The topological polar surface area (TPSA) is 47.8 Å². The Labute approximate surface area is 104 Å². The molecule has 0 amide bonds. The molecule has 0 radical (unpaired) electrons. The smallest absolute Gasteiger partial charge is 0.170 e. The number of benzene rings is 1. The van der Waals surface area contributed by atoms with Gasteiger partial charge < -0.3 is 0 Å². The lowest BCUT2D eigenvalue weighted by atomic mass is 10.1. The molecule has 2 rings (SSSR count). The van der Waals surface area contributed by atoms with Crippen molar-refractivity contribution in [2.75, 3.05) is 0 Å². The number of carbonyl (C=O) groups is 1. The summed E-state index contributed by atoms with van der Waals surface area (Å²) in [6, 6.07) is 6.85. The summed E-state index contributed by atoms with van der Waals surface area (Å²) in [6.45, 7) is 2.67. The molecule has 0 fully saturated rings. The number of carbonyl (C=O) groups excluding carboxylic acids is 1. The number of aryl methyl sites for hydroxylation is 1. The predicted octanol–water partition coefficient (Wildman–Crippen LogP) is 2.38. The lowest BCUT2D eigenvalue weighted by Crippen LogP contribution is -2.10. The molecule has 17 heavy (non-hydrogen) atoms. The highest BCUT2D eigenvalue weighted by Gasteiger charge is 2.11. The molecule has 88 valence electrons. The van der Waals surface area contributed by atoms with Crippen LogP contribution >= 0.6 is 11.6 Å². The van der Waals surface area contributed by atoms with E-state index in [1.807, 2.05) is 6.92 Å². The first-order valence-corrected chi connectivity index (χ1v) is 5.74. The summed E-state index contributed by atoms with van der Waals surface area (Å²) in [7, 11) is 0. The summed E-state index contributed by atoms with van der Waals surface area (Å²) in [6.07, 6.45) is 1.73. The maximum Gasteiger partial charge on any atom is 0.170 e. The fourth-order valence-corrected chi connectivity index (χ4v) is 1.70. The zero-order chi connectivity index (χ0) is 12.3. The van der Waals surface area contributed by atoms with Gasteiger partial charge >= 0.3 is 0 Å². The summed E-state index contributed by atoms with van der Waals surface area (Å²) < 4.78 is 1.72. The minimum atomic E-state index is 0.0179. The van der Waals surface area contributed by atoms with Crippen molar-refractivity contribution in [2.45, 2.75) is 19.9 Å². The Bertz CT molecular complexity index is 519. The third kappa shape index (κ3) is 2.71. The van der Waals surface area contributed by atoms with Gasteiger partial charge in [-0.25, -0.2) is 9.67 Å². The second kappa shape index (κ2) is 5.10. The third-order valence-corrected chi connectivity index (χ3v) is 2.73. The van der Waals surface area contributed by atoms with Crippen LogP contribution in [0, 0.1) is 0 Å². The molecule has 0 saturated heterocycles. The first-order valence-electron chi connectivity index (χ1n) is 5.36. The zero-order valence-electron chi connectivity index (χ0n) is 9.43. The van der Waals surface area contributed by atoms with E-state index in [9.17, 15) is 4.79 Å². The van der Waals surface area contributed by atoms with Crippen molar-refractivity contribution in [1.29, 1.82) is 0 Å². The lowest BCUT2D eigenvalue weighted by molar-refractivity contribution is 0.0989. The van der Waals surface area contributed by atoms with E-state index in [1.54, 1.807) is 28.9 Å². The molecule has 1 aromatic heterocycles. The SMILES string of the molecule is CCn1ncnc1CC(=O)c1ccc(Cl)cc1. The quantitative estimate of drug-likeness (QED) is 0.782. The van der Waals surface area contributed by atoms with Gasteiger partial charge in [-0.2, -0.15) is 5.10 Å². The molecule has 0 atom stereocenters. The van der Waals surface area contributed by atoms with Crippen LogP contribution in [0.1, 0.15) is 23.1 Å². The predicted molar refractivity (Wildman–Crippen MR) is 65.2 cm³/mol. The highest BCUT2D eigenvalue weighted by molar-refractivity contribution is 6.30. The van der Waals surface area contributed by atoms with E-state index >= 15 is 0 Å². The average molecular weight is 250 g/mol. The second-order valence-corrected chi connectivity index (χ2v) is 4.04. The van der Waals surface area contributed by atoms with Crippen LogP contribution in [0.5, 0.6) is 0 Å². The molecule has 0 N–H and O–H groups in total. The van der Waals surface area contributed by atoms with Crippen molar-refractivity contribution in [2.24, 2.45) is 0 Å². The fraction of sp³-hybridized carbons (Fsp3) is 0.250. The maximum atomic E-state index is 12.0. The standard InChI is InChI=1S/C12H12ClN3O/c1-2-16-12(14-8-15-16)7-11(17)9-3-5-10(13)6-4-9/h3-6,8H,2,7H2,1H3. The van der Waals surface area contributed by atoms with Crippen molar-refractivity contribution >= 4 is 17.4 Å². The fourth-order valence-electron chi connectivity index (χ4n) is 1.57. The molecule has 1 aromatic carbocycles. The number of ketones is 1. The summed E-state index contributed by atoms with van der Waals surface area (Å²) in [4.78, 5) is 16.0. The zero-order valence-corrected chi connectivity index (χ0v) is 10.2. The van der Waals surface area contributed by atoms with Crippen LogP contribution in [0.25, 0.3) is 0 Å². The van der Waals surface area contributed by atoms with Gasteiger partial charge in [-0.15, -0.1) is 0 Å². The molecular weight excluding hydrogens is 238 g/mol. The number of halogens is 1. The van der Waals surface area contributed by atoms with Crippen molar-refractivity contribution in [1.82, 2.24) is 14.8 Å². The molecular formula is C12H12ClN3O. The van der Waals surface area contributed by atoms with Gasteiger partial charge in [-0.05, 0) is 31.2 Å². The van der Waals surface area contributed by atoms with Crippen molar-refractivity contribution in [3.05, 3.63) is 47.0 Å². The van der Waals surface area contributed by atoms with Gasteiger partial charge in [0.2, 0.25) is 0 Å². The van der Waals surface area contributed by atoms with Gasteiger partial charge in [0, 0.05) is 17.1 Å². The number of nitrogens with zero attached hydrogens (tertiary/aromatic N) is 3. The van der Waals surface area contributed by atoms with E-state index in [-0.39, 0.29) is 12.2 Å². The Morgan fingerprint density at radius 3 is 2.71 bits per heavy atom. The maximum absolute atomic E-state index is 12.0. The molecule has 4 nitrogen and oxygen atoms in total. The molecule has 2 aromatic rings. The molecule has 0 saturated carbocycles. The van der Waals surface area contributed by atoms with E-state index in [4.69, 9.17) is 11.6 Å². The molecule has 0 bridgehead atoms. The minimum absolute atomic E-state index is 0.0179. The Balaban J connectivity index is 2.14. The van der Waals surface area contributed by atoms with Crippen LogP contribution in [0.4, 0.5) is 0 Å². The van der Waals surface area contributed by atoms with Crippen molar-refractivity contribution in [3.63, 3.8) is 0 Å². The van der Waals surface area contributed by atoms with E-state index in [0.717, 1.165) is 0 Å². The Hall–Kier alpha value is -1.68. The molecule has 5 heteroatoms.